The summed E-state index contributed by atoms with van der Waals surface area (Å²) in [5, 5.41) is 9.13. The lowest BCUT2D eigenvalue weighted by atomic mass is 9.98. The number of amides is 2. The Morgan fingerprint density at radius 3 is 2.50 bits per heavy atom. The number of thioether (sulfide) groups is 1. The van der Waals surface area contributed by atoms with E-state index in [1.54, 1.807) is 36.4 Å². The van der Waals surface area contributed by atoms with Crippen molar-refractivity contribution < 1.29 is 18.7 Å². The molecular formula is C27H23FN4O3S. The van der Waals surface area contributed by atoms with Gasteiger partial charge in [0.1, 0.15) is 16.8 Å². The monoisotopic (exact) mass is 502 g/mol. The van der Waals surface area contributed by atoms with Crippen LogP contribution in [0.3, 0.4) is 0 Å². The lowest BCUT2D eigenvalue weighted by Crippen LogP contribution is -2.25. The van der Waals surface area contributed by atoms with Crippen LogP contribution in [0.1, 0.15) is 30.0 Å². The Balaban J connectivity index is 1.36. The quantitative estimate of drug-likeness (QED) is 0.512. The molecule has 0 unspecified atom stereocenters. The zero-order valence-electron chi connectivity index (χ0n) is 19.4. The van der Waals surface area contributed by atoms with Crippen LogP contribution in [-0.4, -0.2) is 40.1 Å². The highest BCUT2D eigenvalue weighted by Crippen LogP contribution is 2.39. The summed E-state index contributed by atoms with van der Waals surface area (Å²) < 4.78 is 18.8. The molecule has 0 saturated heterocycles. The summed E-state index contributed by atoms with van der Waals surface area (Å²) in [6.45, 7) is 0. The summed E-state index contributed by atoms with van der Waals surface area (Å²) >= 11 is 1.23. The Kier molecular flexibility index (Phi) is 6.81. The van der Waals surface area contributed by atoms with E-state index in [2.05, 4.69) is 10.3 Å². The van der Waals surface area contributed by atoms with Gasteiger partial charge in [0, 0.05) is 18.5 Å². The number of methoxy groups -OCH3 is 1. The predicted molar refractivity (Wildman–Crippen MR) is 139 cm³/mol. The third-order valence-electron chi connectivity index (χ3n) is 5.94. The molecule has 0 radical (unpaired) electrons. The number of hydrazone groups is 1. The van der Waals surface area contributed by atoms with Gasteiger partial charge in [-0.05, 0) is 47.5 Å². The highest BCUT2D eigenvalue weighted by Gasteiger charge is 2.39. The van der Waals surface area contributed by atoms with Gasteiger partial charge < -0.3 is 10.1 Å². The molecule has 0 bridgehead atoms. The lowest BCUT2D eigenvalue weighted by Gasteiger charge is -2.23. The zero-order valence-corrected chi connectivity index (χ0v) is 20.2. The minimum absolute atomic E-state index is 0.000963. The Labute approximate surface area is 212 Å². The van der Waals surface area contributed by atoms with Crippen molar-refractivity contribution in [2.45, 2.75) is 24.1 Å². The summed E-state index contributed by atoms with van der Waals surface area (Å²) in [4.78, 5) is 29.5. The molecule has 5 rings (SSSR count). The first-order chi connectivity index (χ1) is 17.5. The van der Waals surface area contributed by atoms with Crippen molar-refractivity contribution in [2.24, 2.45) is 10.1 Å². The first-order valence-electron chi connectivity index (χ1n) is 11.4. The first-order valence-corrected chi connectivity index (χ1v) is 12.3. The number of hydrogen-bond donors (Lipinski definition) is 1. The maximum absolute atomic E-state index is 13.5. The molecule has 0 aliphatic carbocycles. The second kappa shape index (κ2) is 10.3. The SMILES string of the molecule is COc1ccc([C@H]2CC(c3ccc(F)cc3)=NN2C2=NC(=O)[C@@H](CC(=O)Nc3ccccc3)S2)cc1. The molecule has 0 saturated carbocycles. The molecule has 36 heavy (non-hydrogen) atoms. The maximum Gasteiger partial charge on any atom is 0.262 e. The molecule has 0 fully saturated rings. The van der Waals surface area contributed by atoms with E-state index in [1.807, 2.05) is 42.5 Å². The smallest absolute Gasteiger partial charge is 0.262 e. The number of rotatable bonds is 6. The Morgan fingerprint density at radius 1 is 1.08 bits per heavy atom. The largest absolute Gasteiger partial charge is 0.497 e. The van der Waals surface area contributed by atoms with E-state index < -0.39 is 5.25 Å². The predicted octanol–water partition coefficient (Wildman–Crippen LogP) is 5.01. The minimum atomic E-state index is -0.634. The number of para-hydroxylation sites is 1. The fourth-order valence-corrected chi connectivity index (χ4v) is 5.16. The number of carbonyl (C=O) groups is 2. The molecule has 0 aromatic heterocycles. The number of hydrogen-bond acceptors (Lipinski definition) is 6. The van der Waals surface area contributed by atoms with Crippen LogP contribution in [-0.2, 0) is 9.59 Å². The van der Waals surface area contributed by atoms with Crippen molar-refractivity contribution in [3.05, 3.63) is 95.8 Å². The fraction of sp³-hybridized carbons (Fsp3) is 0.185. The molecular weight excluding hydrogens is 479 g/mol. The van der Waals surface area contributed by atoms with Crippen molar-refractivity contribution in [3.63, 3.8) is 0 Å². The van der Waals surface area contributed by atoms with Crippen molar-refractivity contribution >= 4 is 40.1 Å². The third kappa shape index (κ3) is 5.16. The highest BCUT2D eigenvalue weighted by atomic mass is 32.2. The summed E-state index contributed by atoms with van der Waals surface area (Å²) in [6, 6.07) is 22.7. The van der Waals surface area contributed by atoms with Crippen LogP contribution in [0.2, 0.25) is 0 Å². The number of amidine groups is 1. The van der Waals surface area contributed by atoms with Gasteiger partial charge in [-0.1, -0.05) is 54.2 Å². The molecule has 182 valence electrons. The van der Waals surface area contributed by atoms with E-state index in [4.69, 9.17) is 9.84 Å². The van der Waals surface area contributed by atoms with Crippen LogP contribution in [0.15, 0.2) is 89.0 Å². The van der Waals surface area contributed by atoms with E-state index in [0.29, 0.717) is 17.3 Å². The van der Waals surface area contributed by atoms with Crippen molar-refractivity contribution in [1.29, 1.82) is 0 Å². The van der Waals surface area contributed by atoms with Crippen molar-refractivity contribution in [3.8, 4) is 5.75 Å². The standard InChI is InChI=1S/C27H23FN4O3S/c1-35-21-13-9-18(10-14-21)23-15-22(17-7-11-19(28)12-8-17)31-32(23)27-30-26(34)24(36-27)16-25(33)29-20-5-3-2-4-6-20/h2-14,23-24H,15-16H2,1H3,(H,29,33)/t23-,24-/m1/s1. The van der Waals surface area contributed by atoms with Gasteiger partial charge in [0.25, 0.3) is 5.91 Å². The molecule has 7 nitrogen and oxygen atoms in total. The van der Waals surface area contributed by atoms with E-state index in [0.717, 1.165) is 22.6 Å². The molecule has 2 heterocycles. The molecule has 2 aliphatic rings. The van der Waals surface area contributed by atoms with Gasteiger partial charge in [-0.2, -0.15) is 10.1 Å². The van der Waals surface area contributed by atoms with E-state index in [-0.39, 0.29) is 30.1 Å². The number of carbonyl (C=O) groups excluding carboxylic acids is 2. The molecule has 2 amide bonds. The van der Waals surface area contributed by atoms with Gasteiger partial charge in [-0.15, -0.1) is 0 Å². The number of ether oxygens (including phenoxy) is 1. The molecule has 9 heteroatoms. The number of nitrogens with zero attached hydrogens (tertiary/aromatic N) is 3. The topological polar surface area (TPSA) is 83.4 Å². The average molecular weight is 503 g/mol. The molecule has 2 aliphatic heterocycles. The normalized spacial score (nSPS) is 19.2. The van der Waals surface area contributed by atoms with E-state index in [1.165, 1.54) is 23.9 Å². The van der Waals surface area contributed by atoms with E-state index in [9.17, 15) is 14.0 Å². The van der Waals surface area contributed by atoms with Crippen molar-refractivity contribution in [2.75, 3.05) is 12.4 Å². The molecule has 2 atom stereocenters. The van der Waals surface area contributed by atoms with Gasteiger partial charge in [-0.25, -0.2) is 9.40 Å². The highest BCUT2D eigenvalue weighted by molar-refractivity contribution is 8.15. The third-order valence-corrected chi connectivity index (χ3v) is 7.08. The molecule has 0 spiro atoms. The minimum Gasteiger partial charge on any atom is -0.497 e. The number of anilines is 1. The Morgan fingerprint density at radius 2 is 1.81 bits per heavy atom. The Bertz CT molecular complexity index is 1330. The van der Waals surface area contributed by atoms with Crippen LogP contribution in [0, 0.1) is 5.82 Å². The Hall–Kier alpha value is -3.98. The van der Waals surface area contributed by atoms with Crippen LogP contribution >= 0.6 is 11.8 Å². The van der Waals surface area contributed by atoms with Gasteiger partial charge in [-0.3, -0.25) is 9.59 Å². The zero-order chi connectivity index (χ0) is 25.1. The van der Waals surface area contributed by atoms with Crippen LogP contribution in [0.4, 0.5) is 10.1 Å². The van der Waals surface area contributed by atoms with Gasteiger partial charge in [0.05, 0.1) is 18.9 Å². The number of benzene rings is 3. The second-order valence-electron chi connectivity index (χ2n) is 8.35. The first kappa shape index (κ1) is 23.7. The summed E-state index contributed by atoms with van der Waals surface area (Å²) in [5.41, 5.74) is 3.20. The lowest BCUT2D eigenvalue weighted by molar-refractivity contribution is -0.121. The van der Waals surface area contributed by atoms with Gasteiger partial charge in [0.15, 0.2) is 5.17 Å². The molecule has 3 aromatic carbocycles. The fourth-order valence-electron chi connectivity index (χ4n) is 4.10. The van der Waals surface area contributed by atoms with E-state index >= 15 is 0 Å². The maximum atomic E-state index is 13.5. The van der Waals surface area contributed by atoms with Crippen LogP contribution in [0.5, 0.6) is 5.75 Å². The van der Waals surface area contributed by atoms with Crippen LogP contribution < -0.4 is 10.1 Å². The number of aliphatic imine (C=N–C) groups is 1. The number of halogens is 1. The number of nitrogens with one attached hydrogen (secondary N) is 1. The van der Waals surface area contributed by atoms with Gasteiger partial charge >= 0.3 is 0 Å². The average Bonchev–Trinajstić information content (AvgIpc) is 3.49. The summed E-state index contributed by atoms with van der Waals surface area (Å²) in [7, 11) is 1.61. The molecule has 1 N–H and O–H groups in total. The summed E-state index contributed by atoms with van der Waals surface area (Å²) in [5.74, 6) is -0.210. The van der Waals surface area contributed by atoms with Crippen LogP contribution in [0.25, 0.3) is 0 Å². The van der Waals surface area contributed by atoms with Crippen molar-refractivity contribution in [1.82, 2.24) is 5.01 Å². The summed E-state index contributed by atoms with van der Waals surface area (Å²) in [6.07, 6.45) is 0.547. The molecule has 3 aromatic rings. The van der Waals surface area contributed by atoms with Gasteiger partial charge in [0.2, 0.25) is 5.91 Å². The second-order valence-corrected chi connectivity index (χ2v) is 9.52.